The summed E-state index contributed by atoms with van der Waals surface area (Å²) < 4.78 is 28.1. The minimum absolute atomic E-state index is 0.260. The van der Waals surface area contributed by atoms with Crippen molar-refractivity contribution in [2.45, 2.75) is 0 Å². The average Bonchev–Trinajstić information content (AvgIpc) is 2.97. The SMILES string of the molecule is Oc1ccc(-c2ccc(OCCOCCOCCOCCOc3ccc(-c4ccccc4)cc3)cc2)cc1. The van der Waals surface area contributed by atoms with Crippen LogP contribution in [0.5, 0.6) is 17.2 Å². The highest BCUT2D eigenvalue weighted by Gasteiger charge is 2.01. The fourth-order valence-electron chi connectivity index (χ4n) is 3.75. The lowest BCUT2D eigenvalue weighted by Crippen LogP contribution is -2.14. The van der Waals surface area contributed by atoms with Crippen molar-refractivity contribution in [2.24, 2.45) is 0 Å². The van der Waals surface area contributed by atoms with Crippen molar-refractivity contribution < 1.29 is 28.8 Å². The first kappa shape index (κ1) is 27.2. The van der Waals surface area contributed by atoms with Crippen LogP contribution in [-0.2, 0) is 14.2 Å². The third-order valence-electron chi connectivity index (χ3n) is 5.75. The number of ether oxygens (including phenoxy) is 5. The zero-order chi connectivity index (χ0) is 26.3. The molecule has 38 heavy (non-hydrogen) atoms. The molecule has 1 N–H and O–H groups in total. The second-order valence-electron chi connectivity index (χ2n) is 8.50. The van der Waals surface area contributed by atoms with Gasteiger partial charge in [0, 0.05) is 0 Å². The van der Waals surface area contributed by atoms with Crippen LogP contribution in [0.3, 0.4) is 0 Å². The van der Waals surface area contributed by atoms with E-state index < -0.39 is 0 Å². The molecule has 0 saturated carbocycles. The van der Waals surface area contributed by atoms with Crippen LogP contribution < -0.4 is 9.47 Å². The van der Waals surface area contributed by atoms with Gasteiger partial charge in [0.25, 0.3) is 0 Å². The van der Waals surface area contributed by atoms with E-state index in [1.54, 1.807) is 12.1 Å². The summed E-state index contributed by atoms with van der Waals surface area (Å²) in [6, 6.07) is 33.3. The van der Waals surface area contributed by atoms with E-state index in [4.69, 9.17) is 23.7 Å². The largest absolute Gasteiger partial charge is 0.508 e. The van der Waals surface area contributed by atoms with Crippen molar-refractivity contribution in [3.63, 3.8) is 0 Å². The van der Waals surface area contributed by atoms with Crippen molar-refractivity contribution in [3.05, 3.63) is 103 Å². The maximum atomic E-state index is 9.40. The Kier molecular flexibility index (Phi) is 11.0. The predicted molar refractivity (Wildman–Crippen MR) is 149 cm³/mol. The normalized spacial score (nSPS) is 10.8. The predicted octanol–water partition coefficient (Wildman–Crippen LogP) is 6.23. The molecule has 0 aliphatic carbocycles. The Morgan fingerprint density at radius 3 is 1.13 bits per heavy atom. The Labute approximate surface area is 224 Å². The van der Waals surface area contributed by atoms with Crippen LogP contribution in [0, 0.1) is 0 Å². The summed E-state index contributed by atoms with van der Waals surface area (Å²) in [4.78, 5) is 0. The lowest BCUT2D eigenvalue weighted by molar-refractivity contribution is 0.00499. The number of aromatic hydroxyl groups is 1. The molecule has 0 saturated heterocycles. The Bertz CT molecular complexity index is 1180. The molecule has 4 rings (SSSR count). The highest BCUT2D eigenvalue weighted by Crippen LogP contribution is 2.24. The van der Waals surface area contributed by atoms with Crippen molar-refractivity contribution >= 4 is 0 Å². The van der Waals surface area contributed by atoms with Crippen molar-refractivity contribution in [1.82, 2.24) is 0 Å². The lowest BCUT2D eigenvalue weighted by atomic mass is 10.1. The Balaban J connectivity index is 0.957. The van der Waals surface area contributed by atoms with Gasteiger partial charge in [0.1, 0.15) is 30.5 Å². The fourth-order valence-corrected chi connectivity index (χ4v) is 3.75. The summed E-state index contributed by atoms with van der Waals surface area (Å²) in [7, 11) is 0. The van der Waals surface area contributed by atoms with E-state index in [0.717, 1.165) is 22.6 Å². The number of phenolic OH excluding ortho intramolecular Hbond substituents is 1. The van der Waals surface area contributed by atoms with Crippen LogP contribution in [0.1, 0.15) is 0 Å². The topological polar surface area (TPSA) is 66.4 Å². The molecule has 0 atom stereocenters. The molecule has 4 aromatic carbocycles. The molecule has 0 spiro atoms. The first-order valence-corrected chi connectivity index (χ1v) is 12.8. The molecule has 0 unspecified atom stereocenters. The quantitative estimate of drug-likeness (QED) is 0.179. The first-order chi connectivity index (χ1) is 18.8. The molecule has 0 amide bonds. The van der Waals surface area contributed by atoms with Crippen LogP contribution in [0.2, 0.25) is 0 Å². The van der Waals surface area contributed by atoms with Crippen LogP contribution in [0.25, 0.3) is 22.3 Å². The number of hydrogen-bond acceptors (Lipinski definition) is 6. The van der Waals surface area contributed by atoms with E-state index in [2.05, 4.69) is 24.3 Å². The molecule has 0 aromatic heterocycles. The highest BCUT2D eigenvalue weighted by atomic mass is 16.6. The molecule has 0 radical (unpaired) electrons. The van der Waals surface area contributed by atoms with E-state index in [0.29, 0.717) is 52.9 Å². The number of rotatable bonds is 16. The second kappa shape index (κ2) is 15.4. The van der Waals surface area contributed by atoms with Gasteiger partial charge in [0.2, 0.25) is 0 Å². The summed E-state index contributed by atoms with van der Waals surface area (Å²) in [5, 5.41) is 9.40. The standard InChI is InChI=1S/C32H34O6/c33-30-12-6-27(7-13-30)29-10-16-32(17-11-29)38-25-23-36-21-19-34-18-20-35-22-24-37-31-14-8-28(9-15-31)26-4-2-1-3-5-26/h1-17,33H,18-25H2. The maximum absolute atomic E-state index is 9.40. The van der Waals surface area contributed by atoms with E-state index >= 15 is 0 Å². The highest BCUT2D eigenvalue weighted by molar-refractivity contribution is 5.65. The van der Waals surface area contributed by atoms with Crippen LogP contribution in [0.15, 0.2) is 103 Å². The molecule has 4 aromatic rings. The van der Waals surface area contributed by atoms with Gasteiger partial charge in [-0.2, -0.15) is 0 Å². The summed E-state index contributed by atoms with van der Waals surface area (Å²) in [6.45, 7) is 4.00. The third kappa shape index (κ3) is 9.23. The second-order valence-corrected chi connectivity index (χ2v) is 8.50. The summed E-state index contributed by atoms with van der Waals surface area (Å²) >= 11 is 0. The minimum Gasteiger partial charge on any atom is -0.508 e. The minimum atomic E-state index is 0.260. The summed E-state index contributed by atoms with van der Waals surface area (Å²) in [5.41, 5.74) is 4.47. The zero-order valence-corrected chi connectivity index (χ0v) is 21.5. The van der Waals surface area contributed by atoms with Crippen LogP contribution in [0.4, 0.5) is 0 Å². The van der Waals surface area contributed by atoms with E-state index in [-0.39, 0.29) is 5.75 Å². The molecule has 0 aliphatic heterocycles. The molecular weight excluding hydrogens is 480 g/mol. The van der Waals surface area contributed by atoms with Gasteiger partial charge in [-0.3, -0.25) is 0 Å². The van der Waals surface area contributed by atoms with Gasteiger partial charge in [0.05, 0.1) is 39.6 Å². The van der Waals surface area contributed by atoms with E-state index in [1.807, 2.05) is 66.7 Å². The van der Waals surface area contributed by atoms with Crippen molar-refractivity contribution in [3.8, 4) is 39.5 Å². The molecular formula is C32H34O6. The van der Waals surface area contributed by atoms with Gasteiger partial charge >= 0.3 is 0 Å². The van der Waals surface area contributed by atoms with Crippen molar-refractivity contribution in [1.29, 1.82) is 0 Å². The molecule has 0 fully saturated rings. The van der Waals surface area contributed by atoms with Gasteiger partial charge in [-0.1, -0.05) is 66.7 Å². The number of benzene rings is 4. The van der Waals surface area contributed by atoms with Crippen molar-refractivity contribution in [2.75, 3.05) is 52.9 Å². The Morgan fingerprint density at radius 2 is 0.711 bits per heavy atom. The molecule has 0 bridgehead atoms. The zero-order valence-electron chi connectivity index (χ0n) is 21.5. The van der Waals surface area contributed by atoms with Gasteiger partial charge in [-0.05, 0) is 58.7 Å². The summed E-state index contributed by atoms with van der Waals surface area (Å²) in [6.07, 6.45) is 0. The monoisotopic (exact) mass is 514 g/mol. The molecule has 198 valence electrons. The van der Waals surface area contributed by atoms with Gasteiger partial charge in [0.15, 0.2) is 0 Å². The van der Waals surface area contributed by atoms with Gasteiger partial charge < -0.3 is 28.8 Å². The number of hydrogen-bond donors (Lipinski definition) is 1. The van der Waals surface area contributed by atoms with E-state index in [9.17, 15) is 5.11 Å². The third-order valence-corrected chi connectivity index (χ3v) is 5.75. The number of phenols is 1. The van der Waals surface area contributed by atoms with Gasteiger partial charge in [-0.25, -0.2) is 0 Å². The summed E-state index contributed by atoms with van der Waals surface area (Å²) in [5.74, 6) is 1.88. The molecule has 0 heterocycles. The molecule has 6 nitrogen and oxygen atoms in total. The van der Waals surface area contributed by atoms with Crippen LogP contribution in [-0.4, -0.2) is 58.0 Å². The molecule has 0 aliphatic rings. The first-order valence-electron chi connectivity index (χ1n) is 12.8. The smallest absolute Gasteiger partial charge is 0.119 e. The van der Waals surface area contributed by atoms with Crippen LogP contribution >= 0.6 is 0 Å². The van der Waals surface area contributed by atoms with Gasteiger partial charge in [-0.15, -0.1) is 0 Å². The maximum Gasteiger partial charge on any atom is 0.119 e. The Morgan fingerprint density at radius 1 is 0.368 bits per heavy atom. The Hall–Kier alpha value is -3.84. The van der Waals surface area contributed by atoms with E-state index in [1.165, 1.54) is 11.1 Å². The fraction of sp³-hybridized carbons (Fsp3) is 0.250. The lowest BCUT2D eigenvalue weighted by Gasteiger charge is -2.10. The molecule has 6 heteroatoms. The average molecular weight is 515 g/mol.